The van der Waals surface area contributed by atoms with Gasteiger partial charge in [-0.2, -0.15) is 5.26 Å². The first-order chi connectivity index (χ1) is 15.7. The first-order valence-corrected chi connectivity index (χ1v) is 10.9. The van der Waals surface area contributed by atoms with Crippen molar-refractivity contribution in [3.05, 3.63) is 53.9 Å². The average Bonchev–Trinajstić information content (AvgIpc) is 3.26. The number of nitrogens with one attached hydrogen (secondary N) is 1. The molecule has 0 radical (unpaired) electrons. The lowest BCUT2D eigenvalue weighted by atomic mass is 10.1. The number of rotatable bonds is 7. The Hall–Kier alpha value is -3.79. The summed E-state index contributed by atoms with van der Waals surface area (Å²) in [6.45, 7) is 3.92. The van der Waals surface area contributed by atoms with E-state index >= 15 is 0 Å². The molecule has 164 valence electrons. The number of benzene rings is 2. The van der Waals surface area contributed by atoms with Gasteiger partial charge in [0, 0.05) is 13.1 Å². The molecule has 0 aliphatic carbocycles. The third-order valence-electron chi connectivity index (χ3n) is 5.40. The number of hydrogen-bond donors (Lipinski definition) is 1. The van der Waals surface area contributed by atoms with Crippen LogP contribution in [0.2, 0.25) is 0 Å². The SMILES string of the molecule is CCOc1cc(/C=C(\C#N)c2nc3ccccc3[nH]2)ccc1OCC(=O)N1CCCCC1. The van der Waals surface area contributed by atoms with Gasteiger partial charge in [-0.1, -0.05) is 18.2 Å². The number of para-hydroxylation sites is 2. The number of piperidine rings is 1. The molecular formula is C25H26N4O3. The first kappa shape index (κ1) is 21.4. The second-order valence-electron chi connectivity index (χ2n) is 7.64. The summed E-state index contributed by atoms with van der Waals surface area (Å²) in [4.78, 5) is 22.0. The molecule has 7 nitrogen and oxygen atoms in total. The quantitative estimate of drug-likeness (QED) is 0.561. The highest BCUT2D eigenvalue weighted by Gasteiger charge is 2.18. The van der Waals surface area contributed by atoms with Crippen molar-refractivity contribution in [2.75, 3.05) is 26.3 Å². The number of H-pyrrole nitrogens is 1. The molecule has 0 atom stereocenters. The normalized spacial score (nSPS) is 14.2. The summed E-state index contributed by atoms with van der Waals surface area (Å²) < 4.78 is 11.5. The van der Waals surface area contributed by atoms with Crippen LogP contribution in [0.4, 0.5) is 0 Å². The van der Waals surface area contributed by atoms with Crippen LogP contribution in [0.15, 0.2) is 42.5 Å². The Labute approximate surface area is 187 Å². The van der Waals surface area contributed by atoms with Crippen molar-refractivity contribution >= 4 is 28.6 Å². The zero-order valence-electron chi connectivity index (χ0n) is 18.1. The van der Waals surface area contributed by atoms with Crippen molar-refractivity contribution in [1.29, 1.82) is 5.26 Å². The van der Waals surface area contributed by atoms with Crippen molar-refractivity contribution in [3.8, 4) is 17.6 Å². The number of fused-ring (bicyclic) bond motifs is 1. The topological polar surface area (TPSA) is 91.2 Å². The van der Waals surface area contributed by atoms with Crippen molar-refractivity contribution in [2.45, 2.75) is 26.2 Å². The smallest absolute Gasteiger partial charge is 0.260 e. The number of aromatic amines is 1. The molecule has 1 aliphatic heterocycles. The number of allylic oxidation sites excluding steroid dienone is 1. The van der Waals surface area contributed by atoms with E-state index < -0.39 is 0 Å². The number of carbonyl (C=O) groups is 1. The first-order valence-electron chi connectivity index (χ1n) is 10.9. The molecule has 1 saturated heterocycles. The number of aromatic nitrogens is 2. The molecule has 4 rings (SSSR count). The molecule has 0 spiro atoms. The van der Waals surface area contributed by atoms with Gasteiger partial charge in [-0.15, -0.1) is 0 Å². The van der Waals surface area contributed by atoms with Crippen LogP contribution >= 0.6 is 0 Å². The van der Waals surface area contributed by atoms with E-state index in [0.717, 1.165) is 42.5 Å². The molecule has 7 heteroatoms. The van der Waals surface area contributed by atoms with Gasteiger partial charge in [0.05, 0.1) is 23.2 Å². The van der Waals surface area contributed by atoms with Crippen molar-refractivity contribution in [2.24, 2.45) is 0 Å². The van der Waals surface area contributed by atoms with E-state index in [4.69, 9.17) is 9.47 Å². The lowest BCUT2D eigenvalue weighted by molar-refractivity contribution is -0.134. The minimum Gasteiger partial charge on any atom is -0.490 e. The Morgan fingerprint density at radius 3 is 2.72 bits per heavy atom. The van der Waals surface area contributed by atoms with E-state index in [1.165, 1.54) is 6.42 Å². The highest BCUT2D eigenvalue weighted by molar-refractivity contribution is 5.90. The lowest BCUT2D eigenvalue weighted by Gasteiger charge is -2.26. The molecular weight excluding hydrogens is 404 g/mol. The summed E-state index contributed by atoms with van der Waals surface area (Å²) in [5.74, 6) is 1.55. The van der Waals surface area contributed by atoms with Crippen LogP contribution in [-0.4, -0.2) is 47.1 Å². The van der Waals surface area contributed by atoms with Gasteiger partial charge < -0.3 is 19.4 Å². The number of amides is 1. The molecule has 2 aromatic carbocycles. The molecule has 1 aromatic heterocycles. The predicted molar refractivity (Wildman–Crippen MR) is 123 cm³/mol. The monoisotopic (exact) mass is 430 g/mol. The van der Waals surface area contributed by atoms with Crippen LogP contribution in [0.3, 0.4) is 0 Å². The van der Waals surface area contributed by atoms with Crippen molar-refractivity contribution in [3.63, 3.8) is 0 Å². The maximum absolute atomic E-state index is 12.4. The fourth-order valence-electron chi connectivity index (χ4n) is 3.78. The van der Waals surface area contributed by atoms with Gasteiger partial charge in [0.1, 0.15) is 11.9 Å². The highest BCUT2D eigenvalue weighted by atomic mass is 16.5. The average molecular weight is 431 g/mol. The van der Waals surface area contributed by atoms with Crippen molar-refractivity contribution < 1.29 is 14.3 Å². The Balaban J connectivity index is 1.53. The van der Waals surface area contributed by atoms with Crippen LogP contribution < -0.4 is 9.47 Å². The molecule has 1 aliphatic rings. The van der Waals surface area contributed by atoms with E-state index in [-0.39, 0.29) is 12.5 Å². The van der Waals surface area contributed by atoms with Crippen LogP contribution in [0, 0.1) is 11.3 Å². The minimum absolute atomic E-state index is 0.00669. The third-order valence-corrected chi connectivity index (χ3v) is 5.40. The van der Waals surface area contributed by atoms with Crippen LogP contribution in [0.5, 0.6) is 11.5 Å². The zero-order valence-corrected chi connectivity index (χ0v) is 18.1. The summed E-state index contributed by atoms with van der Waals surface area (Å²) in [6.07, 6.45) is 5.02. The molecule has 1 fully saturated rings. The molecule has 3 aromatic rings. The number of ether oxygens (including phenoxy) is 2. The van der Waals surface area contributed by atoms with Gasteiger partial charge in [-0.05, 0) is 62.1 Å². The highest BCUT2D eigenvalue weighted by Crippen LogP contribution is 2.30. The van der Waals surface area contributed by atoms with E-state index in [9.17, 15) is 10.1 Å². The Morgan fingerprint density at radius 1 is 1.16 bits per heavy atom. The summed E-state index contributed by atoms with van der Waals surface area (Å²) in [7, 11) is 0. The fourth-order valence-corrected chi connectivity index (χ4v) is 3.78. The Kier molecular flexibility index (Phi) is 6.71. The maximum Gasteiger partial charge on any atom is 0.260 e. The zero-order chi connectivity index (χ0) is 22.3. The lowest BCUT2D eigenvalue weighted by Crippen LogP contribution is -2.38. The summed E-state index contributed by atoms with van der Waals surface area (Å²) >= 11 is 0. The molecule has 0 saturated carbocycles. The van der Waals surface area contributed by atoms with E-state index in [1.807, 2.05) is 48.2 Å². The van der Waals surface area contributed by atoms with E-state index in [1.54, 1.807) is 12.1 Å². The van der Waals surface area contributed by atoms with E-state index in [2.05, 4.69) is 16.0 Å². The third kappa shape index (κ3) is 4.92. The largest absolute Gasteiger partial charge is 0.490 e. The van der Waals surface area contributed by atoms with Gasteiger partial charge >= 0.3 is 0 Å². The van der Waals surface area contributed by atoms with Gasteiger partial charge in [0.15, 0.2) is 18.1 Å². The summed E-state index contributed by atoms with van der Waals surface area (Å²) in [6, 6.07) is 15.3. The molecule has 2 heterocycles. The molecule has 32 heavy (non-hydrogen) atoms. The van der Waals surface area contributed by atoms with Crippen LogP contribution in [-0.2, 0) is 4.79 Å². The van der Waals surface area contributed by atoms with Gasteiger partial charge in [-0.25, -0.2) is 4.98 Å². The fraction of sp³-hybridized carbons (Fsp3) is 0.320. The summed E-state index contributed by atoms with van der Waals surface area (Å²) in [5.41, 5.74) is 2.87. The molecule has 1 amide bonds. The van der Waals surface area contributed by atoms with Crippen molar-refractivity contribution in [1.82, 2.24) is 14.9 Å². The molecule has 0 bridgehead atoms. The van der Waals surface area contributed by atoms with Gasteiger partial charge in [-0.3, -0.25) is 4.79 Å². The Morgan fingerprint density at radius 2 is 1.97 bits per heavy atom. The minimum atomic E-state index is -0.0162. The maximum atomic E-state index is 12.4. The number of nitrogens with zero attached hydrogens (tertiary/aromatic N) is 3. The number of nitriles is 1. The summed E-state index contributed by atoms with van der Waals surface area (Å²) in [5, 5.41) is 9.69. The number of imidazole rings is 1. The molecule has 0 unspecified atom stereocenters. The van der Waals surface area contributed by atoms with Gasteiger partial charge in [0.25, 0.3) is 5.91 Å². The second kappa shape index (κ2) is 10.0. The van der Waals surface area contributed by atoms with E-state index in [0.29, 0.717) is 29.5 Å². The van der Waals surface area contributed by atoms with Gasteiger partial charge in [0.2, 0.25) is 0 Å². The standard InChI is InChI=1S/C25H26N4O3/c1-2-31-23-15-18(10-11-22(23)32-17-24(30)29-12-6-3-7-13-29)14-19(16-26)25-27-20-8-4-5-9-21(20)28-25/h4-5,8-11,14-15H,2-3,6-7,12-13,17H2,1H3,(H,27,28)/b19-14+. The number of hydrogen-bond acceptors (Lipinski definition) is 5. The Bertz CT molecular complexity index is 1140. The van der Waals surface area contributed by atoms with Crippen LogP contribution in [0.1, 0.15) is 37.6 Å². The second-order valence-corrected chi connectivity index (χ2v) is 7.64. The predicted octanol–water partition coefficient (Wildman–Crippen LogP) is 4.42. The number of carbonyl (C=O) groups excluding carboxylic acids is 1. The number of likely N-dealkylation sites (tertiary alicyclic amines) is 1. The molecule has 1 N–H and O–H groups in total. The van der Waals surface area contributed by atoms with Crippen LogP contribution in [0.25, 0.3) is 22.7 Å².